The second-order valence-corrected chi connectivity index (χ2v) is 19.7. The van der Waals surface area contributed by atoms with E-state index in [4.69, 9.17) is 9.41 Å². The van der Waals surface area contributed by atoms with E-state index in [0.29, 0.717) is 28.8 Å². The standard InChI is InChI=1S/C36H43F4NO2Si/c1-34(2,3)44(6,7)43-28-21-35(4,5)20-27-30(28)29(22-14-18-26(37)19-15-22)31(32(41-27)23-10-8-9-11-23)33(42)24-12-16-25(17-13-24)36(38,39)40/h12-19,23,28H,8-11,20-21H2,1-7H3. The van der Waals surface area contributed by atoms with Gasteiger partial charge >= 0.3 is 6.18 Å². The lowest BCUT2D eigenvalue weighted by molar-refractivity contribution is -0.137. The van der Waals surface area contributed by atoms with E-state index in [2.05, 4.69) is 47.7 Å². The lowest BCUT2D eigenvalue weighted by Crippen LogP contribution is -2.44. The molecule has 1 atom stereocenters. The first kappa shape index (κ1) is 32.5. The molecule has 0 spiro atoms. The molecule has 2 aromatic carbocycles. The minimum absolute atomic E-state index is 0.0534. The Morgan fingerprint density at radius 1 is 0.955 bits per heavy atom. The number of alkyl halides is 3. The summed E-state index contributed by atoms with van der Waals surface area (Å²) in [7, 11) is -2.31. The maximum absolute atomic E-state index is 14.6. The van der Waals surface area contributed by atoms with Crippen LogP contribution in [-0.2, 0) is 17.0 Å². The molecule has 0 aliphatic heterocycles. The third-order valence-corrected chi connectivity index (χ3v) is 14.4. The van der Waals surface area contributed by atoms with Gasteiger partial charge < -0.3 is 4.43 Å². The monoisotopic (exact) mass is 625 g/mol. The van der Waals surface area contributed by atoms with Crippen molar-refractivity contribution in [3.8, 4) is 11.1 Å². The van der Waals surface area contributed by atoms with Crippen LogP contribution in [0.15, 0.2) is 48.5 Å². The molecule has 0 radical (unpaired) electrons. The summed E-state index contributed by atoms with van der Waals surface area (Å²) in [6.45, 7) is 15.4. The molecule has 0 amide bonds. The molecule has 44 heavy (non-hydrogen) atoms. The highest BCUT2D eigenvalue weighted by atomic mass is 28.4. The molecule has 3 nitrogen and oxygen atoms in total. The van der Waals surface area contributed by atoms with Crippen LogP contribution in [0.2, 0.25) is 18.1 Å². The maximum atomic E-state index is 14.6. The molecule has 0 bridgehead atoms. The Bertz CT molecular complexity index is 1530. The topological polar surface area (TPSA) is 39.2 Å². The van der Waals surface area contributed by atoms with Gasteiger partial charge in [0.1, 0.15) is 5.82 Å². The number of benzene rings is 2. The van der Waals surface area contributed by atoms with Crippen LogP contribution in [0.4, 0.5) is 17.6 Å². The minimum atomic E-state index is -4.51. The Morgan fingerprint density at radius 3 is 2.09 bits per heavy atom. The highest BCUT2D eigenvalue weighted by Gasteiger charge is 2.45. The molecule has 5 rings (SSSR count). The zero-order valence-electron chi connectivity index (χ0n) is 26.8. The van der Waals surface area contributed by atoms with Crippen LogP contribution >= 0.6 is 0 Å². The van der Waals surface area contributed by atoms with Gasteiger partial charge in [-0.1, -0.05) is 71.7 Å². The number of pyridine rings is 1. The van der Waals surface area contributed by atoms with Crippen LogP contribution in [0.1, 0.15) is 117 Å². The highest BCUT2D eigenvalue weighted by molar-refractivity contribution is 6.74. The van der Waals surface area contributed by atoms with Crippen molar-refractivity contribution in [2.75, 3.05) is 0 Å². The van der Waals surface area contributed by atoms with Gasteiger partial charge in [0.25, 0.3) is 0 Å². The van der Waals surface area contributed by atoms with Gasteiger partial charge in [-0.15, -0.1) is 0 Å². The van der Waals surface area contributed by atoms with E-state index in [1.807, 2.05) is 0 Å². The molecule has 1 saturated carbocycles. The first-order chi connectivity index (χ1) is 20.4. The van der Waals surface area contributed by atoms with Crippen molar-refractivity contribution in [3.05, 3.63) is 88.0 Å². The molecule has 1 fully saturated rings. The zero-order valence-corrected chi connectivity index (χ0v) is 27.8. The number of fused-ring (bicyclic) bond motifs is 1. The van der Waals surface area contributed by atoms with Crippen LogP contribution in [0.5, 0.6) is 0 Å². The molecule has 8 heteroatoms. The highest BCUT2D eigenvalue weighted by Crippen LogP contribution is 2.52. The van der Waals surface area contributed by atoms with Crippen molar-refractivity contribution in [1.29, 1.82) is 0 Å². The van der Waals surface area contributed by atoms with E-state index in [0.717, 1.165) is 55.5 Å². The third-order valence-electron chi connectivity index (χ3n) is 9.87. The molecule has 0 saturated heterocycles. The Hall–Kier alpha value is -2.84. The number of hydrogen-bond acceptors (Lipinski definition) is 3. The summed E-state index contributed by atoms with van der Waals surface area (Å²) in [5, 5.41) is -0.0686. The van der Waals surface area contributed by atoms with Gasteiger partial charge in [0.15, 0.2) is 14.1 Å². The molecule has 0 N–H and O–H groups in total. The van der Waals surface area contributed by atoms with E-state index in [1.165, 1.54) is 24.3 Å². The van der Waals surface area contributed by atoms with E-state index in [-0.39, 0.29) is 33.8 Å². The zero-order chi connectivity index (χ0) is 32.2. The molecular weight excluding hydrogens is 582 g/mol. The van der Waals surface area contributed by atoms with Gasteiger partial charge in [-0.2, -0.15) is 13.2 Å². The number of rotatable bonds is 6. The van der Waals surface area contributed by atoms with Crippen molar-refractivity contribution in [1.82, 2.24) is 4.98 Å². The van der Waals surface area contributed by atoms with Crippen LogP contribution in [0.25, 0.3) is 11.1 Å². The number of carbonyl (C=O) groups is 1. The van der Waals surface area contributed by atoms with E-state index < -0.39 is 25.9 Å². The fourth-order valence-electron chi connectivity index (χ4n) is 6.51. The van der Waals surface area contributed by atoms with Crippen LogP contribution in [0, 0.1) is 11.2 Å². The summed E-state index contributed by atoms with van der Waals surface area (Å²) in [5.74, 6) is -0.706. The molecule has 236 valence electrons. The van der Waals surface area contributed by atoms with Gasteiger partial charge in [-0.3, -0.25) is 9.78 Å². The second kappa shape index (κ2) is 11.5. The first-order valence-corrected chi connectivity index (χ1v) is 18.5. The number of carbonyl (C=O) groups excluding carboxylic acids is 1. The second-order valence-electron chi connectivity index (χ2n) is 14.9. The average molecular weight is 626 g/mol. The first-order valence-electron chi connectivity index (χ1n) is 15.6. The van der Waals surface area contributed by atoms with Crippen LogP contribution < -0.4 is 0 Å². The summed E-state index contributed by atoms with van der Waals surface area (Å²) in [5.41, 5.74) is 3.48. The van der Waals surface area contributed by atoms with Crippen molar-refractivity contribution < 1.29 is 26.8 Å². The normalized spacial score (nSPS) is 19.2. The fourth-order valence-corrected chi connectivity index (χ4v) is 7.77. The average Bonchev–Trinajstić information content (AvgIpc) is 3.45. The predicted octanol–water partition coefficient (Wildman–Crippen LogP) is 10.8. The van der Waals surface area contributed by atoms with Crippen molar-refractivity contribution in [3.63, 3.8) is 0 Å². The molecule has 2 aliphatic carbocycles. The van der Waals surface area contributed by atoms with E-state index >= 15 is 0 Å². The number of nitrogens with zero attached hydrogens (tertiary/aromatic N) is 1. The van der Waals surface area contributed by atoms with Gasteiger partial charge in [-0.25, -0.2) is 4.39 Å². The summed E-state index contributed by atoms with van der Waals surface area (Å²) in [6.07, 6.45) is 0.368. The predicted molar refractivity (Wildman–Crippen MR) is 169 cm³/mol. The van der Waals surface area contributed by atoms with E-state index in [9.17, 15) is 22.4 Å². The lowest BCUT2D eigenvalue weighted by Gasteiger charge is -2.45. The Balaban J connectivity index is 1.82. The molecule has 3 aromatic rings. The van der Waals surface area contributed by atoms with Crippen molar-refractivity contribution >= 4 is 14.1 Å². The maximum Gasteiger partial charge on any atom is 0.416 e. The molecule has 2 aliphatic rings. The van der Waals surface area contributed by atoms with Gasteiger partial charge in [0.05, 0.1) is 22.9 Å². The van der Waals surface area contributed by atoms with E-state index in [1.54, 1.807) is 12.1 Å². The number of halogens is 4. The Labute approximate surface area is 259 Å². The van der Waals surface area contributed by atoms with Crippen molar-refractivity contribution in [2.45, 2.75) is 109 Å². The number of hydrogen-bond donors (Lipinski definition) is 0. The van der Waals surface area contributed by atoms with Gasteiger partial charge in [0.2, 0.25) is 0 Å². The molecule has 1 heterocycles. The molecular formula is C36H43F4NO2Si. The number of aromatic nitrogens is 1. The summed E-state index contributed by atoms with van der Waals surface area (Å²) in [4.78, 5) is 19.9. The summed E-state index contributed by atoms with van der Waals surface area (Å²) >= 11 is 0. The SMILES string of the molecule is CC1(C)Cc2nc(C3CCCC3)c(C(=O)c3ccc(C(F)(F)F)cc3)c(-c3ccc(F)cc3)c2C(O[Si](C)(C)C(C)(C)C)C1. The van der Waals surface area contributed by atoms with Gasteiger partial charge in [0, 0.05) is 28.3 Å². The largest absolute Gasteiger partial charge is 0.416 e. The third kappa shape index (κ3) is 6.43. The number of ketones is 1. The molecule has 1 aromatic heterocycles. The summed E-state index contributed by atoms with van der Waals surface area (Å²) < 4.78 is 61.6. The Morgan fingerprint density at radius 2 is 1.55 bits per heavy atom. The smallest absolute Gasteiger partial charge is 0.410 e. The Kier molecular flexibility index (Phi) is 8.51. The summed E-state index contributed by atoms with van der Waals surface area (Å²) in [6, 6.07) is 10.6. The molecule has 1 unspecified atom stereocenters. The van der Waals surface area contributed by atoms with Crippen LogP contribution in [-0.4, -0.2) is 19.1 Å². The lowest BCUT2D eigenvalue weighted by atomic mass is 9.71. The fraction of sp³-hybridized carbons (Fsp3) is 0.500. The van der Waals surface area contributed by atoms with Crippen molar-refractivity contribution in [2.24, 2.45) is 5.41 Å². The minimum Gasteiger partial charge on any atom is -0.410 e. The van der Waals surface area contributed by atoms with Crippen LogP contribution in [0.3, 0.4) is 0 Å². The quantitative estimate of drug-likeness (QED) is 0.155. The van der Waals surface area contributed by atoms with Gasteiger partial charge in [-0.05, 0) is 79.1 Å².